The number of esters is 1. The number of nitrogens with zero attached hydrogens (tertiary/aromatic N) is 1. The maximum absolute atomic E-state index is 12.6. The first-order valence-electron chi connectivity index (χ1n) is 11.2. The number of thiocarbonyl (C=S) groups is 1. The van der Waals surface area contributed by atoms with Gasteiger partial charge in [-0.1, -0.05) is 111 Å². The van der Waals surface area contributed by atoms with Crippen molar-refractivity contribution in [2.75, 3.05) is 6.54 Å². The lowest BCUT2D eigenvalue weighted by Gasteiger charge is -2.24. The molecular weight excluding hydrogens is 454 g/mol. The normalized spacial score (nSPS) is 18.6. The van der Waals surface area contributed by atoms with Crippen molar-refractivity contribution in [2.45, 2.75) is 45.4 Å². The number of unbranched alkanes of at least 4 members (excludes halogenated alkanes) is 5. The molecule has 3 nitrogen and oxygen atoms in total. The molecular formula is C26H27NO2S3. The number of thioether (sulfide) groups is 2. The largest absolute Gasteiger partial charge is 0.404 e. The summed E-state index contributed by atoms with van der Waals surface area (Å²) in [6, 6.07) is 20.9. The number of cyclic esters (lactones) is 1. The highest BCUT2D eigenvalue weighted by atomic mass is 32.2. The maximum atomic E-state index is 12.6. The van der Waals surface area contributed by atoms with Crippen LogP contribution in [0.4, 0.5) is 0 Å². The predicted octanol–water partition coefficient (Wildman–Crippen LogP) is 7.67. The van der Waals surface area contributed by atoms with Crippen molar-refractivity contribution in [3.8, 4) is 0 Å². The summed E-state index contributed by atoms with van der Waals surface area (Å²) in [5.74, 6) is -0.336. The molecule has 2 aliphatic rings. The third-order valence-corrected chi connectivity index (χ3v) is 8.02. The Morgan fingerprint density at radius 2 is 1.44 bits per heavy atom. The third kappa shape index (κ3) is 5.30. The summed E-state index contributed by atoms with van der Waals surface area (Å²) in [5, 5.41) is 0.936. The maximum Gasteiger partial charge on any atom is 0.354 e. The highest BCUT2D eigenvalue weighted by molar-refractivity contribution is 8.27. The lowest BCUT2D eigenvalue weighted by Crippen LogP contribution is -2.20. The van der Waals surface area contributed by atoms with Crippen molar-refractivity contribution < 1.29 is 9.53 Å². The number of carbonyl (C=O) groups excluding carboxylic acids is 1. The summed E-state index contributed by atoms with van der Waals surface area (Å²) in [6.45, 7) is 3.10. The minimum absolute atomic E-state index is 0.284. The van der Waals surface area contributed by atoms with E-state index in [-0.39, 0.29) is 10.4 Å². The van der Waals surface area contributed by atoms with Crippen molar-refractivity contribution in [3.05, 3.63) is 81.7 Å². The molecule has 0 saturated carbocycles. The summed E-state index contributed by atoms with van der Waals surface area (Å²) < 4.78 is 5.51. The third-order valence-electron chi connectivity index (χ3n) is 5.49. The molecule has 32 heavy (non-hydrogen) atoms. The lowest BCUT2D eigenvalue weighted by atomic mass is 10.1. The Labute approximate surface area is 204 Å². The zero-order valence-corrected chi connectivity index (χ0v) is 20.7. The van der Waals surface area contributed by atoms with E-state index in [0.29, 0.717) is 4.91 Å². The summed E-state index contributed by atoms with van der Waals surface area (Å²) in [7, 11) is 0. The van der Waals surface area contributed by atoms with Gasteiger partial charge in [-0.2, -0.15) is 0 Å². The second kappa shape index (κ2) is 11.2. The zero-order chi connectivity index (χ0) is 22.3. The minimum atomic E-state index is -0.336. The Balaban J connectivity index is 1.72. The van der Waals surface area contributed by atoms with E-state index in [1.165, 1.54) is 43.9 Å². The highest BCUT2D eigenvalue weighted by Gasteiger charge is 2.38. The van der Waals surface area contributed by atoms with Crippen LogP contribution in [0.3, 0.4) is 0 Å². The Bertz CT molecular complexity index is 1030. The summed E-state index contributed by atoms with van der Waals surface area (Å²) in [6.07, 6.45) is 7.33. The molecule has 0 bridgehead atoms. The van der Waals surface area contributed by atoms with Gasteiger partial charge in [-0.3, -0.25) is 0 Å². The summed E-state index contributed by atoms with van der Waals surface area (Å²) >= 11 is 8.11. The van der Waals surface area contributed by atoms with Crippen molar-refractivity contribution >= 4 is 56.7 Å². The summed E-state index contributed by atoms with van der Waals surface area (Å²) in [4.78, 5) is 16.7. The second-order valence-electron chi connectivity index (χ2n) is 7.81. The predicted molar refractivity (Wildman–Crippen MR) is 141 cm³/mol. The SMILES string of the molecule is CCCCCCCCN1C(=C2SC(=S)OC2=O)SC(c2ccccc2)=C1c1ccccc1. The number of benzene rings is 2. The molecule has 2 aliphatic heterocycles. The fourth-order valence-electron chi connectivity index (χ4n) is 3.92. The van der Waals surface area contributed by atoms with Crippen LogP contribution < -0.4 is 0 Å². The van der Waals surface area contributed by atoms with E-state index in [2.05, 4.69) is 60.4 Å². The Morgan fingerprint density at radius 3 is 2.06 bits per heavy atom. The van der Waals surface area contributed by atoms with Crippen LogP contribution >= 0.6 is 35.7 Å². The Hall–Kier alpha value is -2.02. The molecule has 0 radical (unpaired) electrons. The van der Waals surface area contributed by atoms with Gasteiger partial charge in [0.25, 0.3) is 0 Å². The van der Waals surface area contributed by atoms with E-state index in [0.717, 1.165) is 39.7 Å². The van der Waals surface area contributed by atoms with Gasteiger partial charge in [-0.15, -0.1) is 0 Å². The molecule has 0 N–H and O–H groups in total. The van der Waals surface area contributed by atoms with E-state index in [1.54, 1.807) is 11.8 Å². The first-order chi connectivity index (χ1) is 15.7. The lowest BCUT2D eigenvalue weighted by molar-refractivity contribution is -0.129. The molecule has 6 heteroatoms. The molecule has 4 rings (SSSR count). The molecule has 2 aromatic carbocycles. The molecule has 166 valence electrons. The minimum Gasteiger partial charge on any atom is -0.404 e. The average Bonchev–Trinajstić information content (AvgIpc) is 3.36. The first kappa shape index (κ1) is 23.1. The van der Waals surface area contributed by atoms with Crippen molar-refractivity contribution in [3.63, 3.8) is 0 Å². The van der Waals surface area contributed by atoms with Gasteiger partial charge in [0.15, 0.2) is 0 Å². The standard InChI is InChI=1S/C26H27NO2S3/c1-2-3-4-5-6-13-18-27-21(19-14-9-7-10-15-19)22(20-16-11-8-12-17-20)31-24(27)23-25(28)29-26(30)32-23/h7-12,14-17H,2-6,13,18H2,1H3. The number of ether oxygens (including phenoxy) is 1. The quantitative estimate of drug-likeness (QED) is 0.158. The van der Waals surface area contributed by atoms with E-state index in [1.807, 2.05) is 12.1 Å². The molecule has 0 spiro atoms. The van der Waals surface area contributed by atoms with E-state index in [9.17, 15) is 4.79 Å². The molecule has 1 saturated heterocycles. The smallest absolute Gasteiger partial charge is 0.354 e. The van der Waals surface area contributed by atoms with Gasteiger partial charge in [-0.05, 0) is 41.5 Å². The topological polar surface area (TPSA) is 29.5 Å². The van der Waals surface area contributed by atoms with E-state index in [4.69, 9.17) is 17.0 Å². The van der Waals surface area contributed by atoms with Gasteiger partial charge in [0.1, 0.15) is 9.93 Å². The van der Waals surface area contributed by atoms with Crippen LogP contribution in [0.5, 0.6) is 0 Å². The summed E-state index contributed by atoms with van der Waals surface area (Å²) in [5.41, 5.74) is 3.46. The van der Waals surface area contributed by atoms with Crippen LogP contribution in [0.25, 0.3) is 10.6 Å². The van der Waals surface area contributed by atoms with Crippen LogP contribution in [0.15, 0.2) is 70.6 Å². The molecule has 1 fully saturated rings. The van der Waals surface area contributed by atoms with Crippen LogP contribution in [0, 0.1) is 0 Å². The fraction of sp³-hybridized carbons (Fsp3) is 0.308. The Kier molecular flexibility index (Phi) is 8.11. The molecule has 0 atom stereocenters. The second-order valence-corrected chi connectivity index (χ2v) is 10.4. The van der Waals surface area contributed by atoms with Crippen molar-refractivity contribution in [1.82, 2.24) is 4.90 Å². The number of carbonyl (C=O) groups is 1. The highest BCUT2D eigenvalue weighted by Crippen LogP contribution is 2.53. The van der Waals surface area contributed by atoms with Crippen LogP contribution in [-0.2, 0) is 9.53 Å². The van der Waals surface area contributed by atoms with Gasteiger partial charge in [0.05, 0.1) is 5.70 Å². The zero-order valence-electron chi connectivity index (χ0n) is 18.2. The molecule has 0 amide bonds. The van der Waals surface area contributed by atoms with Gasteiger partial charge in [-0.25, -0.2) is 4.79 Å². The number of hydrogen-bond acceptors (Lipinski definition) is 6. The average molecular weight is 482 g/mol. The van der Waals surface area contributed by atoms with Crippen molar-refractivity contribution in [2.24, 2.45) is 0 Å². The molecule has 2 aromatic rings. The van der Waals surface area contributed by atoms with E-state index >= 15 is 0 Å². The number of rotatable bonds is 9. The van der Waals surface area contributed by atoms with Crippen LogP contribution in [0.1, 0.15) is 56.6 Å². The fourth-order valence-corrected chi connectivity index (χ4v) is 6.35. The molecule has 2 heterocycles. The monoisotopic (exact) mass is 481 g/mol. The van der Waals surface area contributed by atoms with Gasteiger partial charge in [0.2, 0.25) is 4.38 Å². The first-order valence-corrected chi connectivity index (χ1v) is 13.2. The number of hydrogen-bond donors (Lipinski definition) is 0. The van der Waals surface area contributed by atoms with Gasteiger partial charge < -0.3 is 9.64 Å². The Morgan fingerprint density at radius 1 is 0.812 bits per heavy atom. The van der Waals surface area contributed by atoms with Gasteiger partial charge >= 0.3 is 5.97 Å². The molecule has 0 aliphatic carbocycles. The molecule has 0 unspecified atom stereocenters. The van der Waals surface area contributed by atoms with Gasteiger partial charge in [0, 0.05) is 11.4 Å². The van der Waals surface area contributed by atoms with Crippen LogP contribution in [-0.4, -0.2) is 21.8 Å². The van der Waals surface area contributed by atoms with Crippen LogP contribution in [0.2, 0.25) is 0 Å². The molecule has 0 aromatic heterocycles. The van der Waals surface area contributed by atoms with E-state index < -0.39 is 0 Å². The van der Waals surface area contributed by atoms with Crippen molar-refractivity contribution in [1.29, 1.82) is 0 Å².